The topological polar surface area (TPSA) is 60.5 Å². The number of aryl methyl sites for hydroxylation is 1. The van der Waals surface area contributed by atoms with Gasteiger partial charge in [-0.1, -0.05) is 12.1 Å². The van der Waals surface area contributed by atoms with Gasteiger partial charge in [0.25, 0.3) is 5.91 Å². The summed E-state index contributed by atoms with van der Waals surface area (Å²) in [6, 6.07) is 14.7. The number of hydrogen-bond donors (Lipinski definition) is 1. The number of ether oxygens (including phenoxy) is 2. The van der Waals surface area contributed by atoms with Crippen LogP contribution in [-0.4, -0.2) is 17.5 Å². The Hall–Kier alpha value is -2.86. The van der Waals surface area contributed by atoms with Gasteiger partial charge in [-0.15, -0.1) is 11.3 Å². The summed E-state index contributed by atoms with van der Waals surface area (Å²) in [7, 11) is 0. The molecule has 0 aliphatic carbocycles. The van der Waals surface area contributed by atoms with E-state index in [-0.39, 0.29) is 5.91 Å². The number of nitrogens with one attached hydrogen (secondary N) is 1. The molecule has 3 rings (SSSR count). The van der Waals surface area contributed by atoms with Gasteiger partial charge in [0.15, 0.2) is 5.75 Å². The van der Waals surface area contributed by atoms with E-state index in [1.165, 1.54) is 11.3 Å². The van der Waals surface area contributed by atoms with Crippen LogP contribution in [0.1, 0.15) is 21.6 Å². The quantitative estimate of drug-likeness (QED) is 0.684. The predicted molar refractivity (Wildman–Crippen MR) is 98.9 cm³/mol. The molecule has 0 fully saturated rings. The first-order valence-electron chi connectivity index (χ1n) is 7.89. The van der Waals surface area contributed by atoms with Gasteiger partial charge in [0.05, 0.1) is 23.5 Å². The lowest BCUT2D eigenvalue weighted by molar-refractivity contribution is 0.103. The van der Waals surface area contributed by atoms with Crippen LogP contribution in [0.2, 0.25) is 0 Å². The molecule has 0 bridgehead atoms. The smallest absolute Gasteiger partial charge is 0.267 e. The number of nitrogens with zero attached hydrogens (tertiary/aromatic N) is 1. The maximum atomic E-state index is 12.3. The molecule has 3 aromatic rings. The first kappa shape index (κ1) is 17.0. The fourth-order valence-electron chi connectivity index (χ4n) is 2.21. The van der Waals surface area contributed by atoms with Crippen LogP contribution < -0.4 is 14.8 Å². The Kier molecular flexibility index (Phi) is 5.30. The summed E-state index contributed by atoms with van der Waals surface area (Å²) in [5.74, 6) is 1.82. The second-order valence-corrected chi connectivity index (χ2v) is 6.44. The van der Waals surface area contributed by atoms with Crippen LogP contribution in [0.3, 0.4) is 0 Å². The SMILES string of the molecule is CCOc1ccc(Oc2ccccc2NC(=O)c2cnc(C)s2)cc1. The van der Waals surface area contributed by atoms with Gasteiger partial charge in [-0.05, 0) is 50.2 Å². The largest absolute Gasteiger partial charge is 0.494 e. The zero-order valence-corrected chi connectivity index (χ0v) is 14.8. The Morgan fingerprint density at radius 3 is 2.52 bits per heavy atom. The number of para-hydroxylation sites is 2. The van der Waals surface area contributed by atoms with Crippen molar-refractivity contribution in [3.05, 3.63) is 64.6 Å². The normalized spacial score (nSPS) is 10.3. The highest BCUT2D eigenvalue weighted by Gasteiger charge is 2.12. The number of aromatic nitrogens is 1. The van der Waals surface area contributed by atoms with E-state index in [0.717, 1.165) is 10.8 Å². The minimum Gasteiger partial charge on any atom is -0.494 e. The molecule has 0 atom stereocenters. The van der Waals surface area contributed by atoms with Crippen LogP contribution in [-0.2, 0) is 0 Å². The van der Waals surface area contributed by atoms with E-state index < -0.39 is 0 Å². The molecule has 0 unspecified atom stereocenters. The third-order valence-corrected chi connectivity index (χ3v) is 4.25. The lowest BCUT2D eigenvalue weighted by atomic mass is 10.2. The molecule has 1 heterocycles. The number of rotatable bonds is 6. The van der Waals surface area contributed by atoms with Crippen molar-refractivity contribution in [1.29, 1.82) is 0 Å². The highest BCUT2D eigenvalue weighted by Crippen LogP contribution is 2.30. The van der Waals surface area contributed by atoms with E-state index in [2.05, 4.69) is 10.3 Å². The van der Waals surface area contributed by atoms with Gasteiger partial charge in [-0.2, -0.15) is 0 Å². The molecule has 6 heteroatoms. The van der Waals surface area contributed by atoms with Crippen LogP contribution in [0.15, 0.2) is 54.7 Å². The van der Waals surface area contributed by atoms with Gasteiger partial charge >= 0.3 is 0 Å². The van der Waals surface area contributed by atoms with Gasteiger partial charge in [0, 0.05) is 0 Å². The van der Waals surface area contributed by atoms with Crippen LogP contribution >= 0.6 is 11.3 Å². The molecule has 1 N–H and O–H groups in total. The molecule has 0 aliphatic rings. The Balaban J connectivity index is 1.75. The lowest BCUT2D eigenvalue weighted by Gasteiger charge is -2.12. The fraction of sp³-hybridized carbons (Fsp3) is 0.158. The molecular formula is C19H18N2O3S. The summed E-state index contributed by atoms with van der Waals surface area (Å²) in [6.07, 6.45) is 1.57. The van der Waals surface area contributed by atoms with Crippen molar-refractivity contribution in [2.75, 3.05) is 11.9 Å². The number of thiazole rings is 1. The fourth-order valence-corrected chi connectivity index (χ4v) is 2.88. The highest BCUT2D eigenvalue weighted by atomic mass is 32.1. The third-order valence-electron chi connectivity index (χ3n) is 3.34. The molecule has 1 aromatic heterocycles. The minimum absolute atomic E-state index is 0.201. The van der Waals surface area contributed by atoms with Crippen molar-refractivity contribution in [2.45, 2.75) is 13.8 Å². The summed E-state index contributed by atoms with van der Waals surface area (Å²) in [5.41, 5.74) is 0.604. The van der Waals surface area contributed by atoms with Crippen molar-refractivity contribution in [3.8, 4) is 17.2 Å². The molecule has 25 heavy (non-hydrogen) atoms. The number of anilines is 1. The van der Waals surface area contributed by atoms with Gasteiger partial charge in [-0.25, -0.2) is 4.98 Å². The number of carbonyl (C=O) groups excluding carboxylic acids is 1. The molecule has 1 amide bonds. The maximum Gasteiger partial charge on any atom is 0.267 e. The molecule has 0 radical (unpaired) electrons. The number of amides is 1. The second kappa shape index (κ2) is 7.81. The van der Waals surface area contributed by atoms with Crippen molar-refractivity contribution >= 4 is 22.9 Å². The van der Waals surface area contributed by atoms with E-state index in [0.29, 0.717) is 28.7 Å². The molecule has 0 saturated heterocycles. The van der Waals surface area contributed by atoms with Gasteiger partial charge in [0.2, 0.25) is 0 Å². The molecule has 5 nitrogen and oxygen atoms in total. The Morgan fingerprint density at radius 1 is 1.12 bits per heavy atom. The summed E-state index contributed by atoms with van der Waals surface area (Å²) < 4.78 is 11.3. The van der Waals surface area contributed by atoms with E-state index >= 15 is 0 Å². The van der Waals surface area contributed by atoms with Crippen molar-refractivity contribution in [3.63, 3.8) is 0 Å². The molecule has 0 aliphatic heterocycles. The monoisotopic (exact) mass is 354 g/mol. The van der Waals surface area contributed by atoms with Crippen molar-refractivity contribution in [1.82, 2.24) is 4.98 Å². The van der Waals surface area contributed by atoms with Crippen molar-refractivity contribution in [2.24, 2.45) is 0 Å². The lowest BCUT2D eigenvalue weighted by Crippen LogP contribution is -2.10. The molecule has 0 saturated carbocycles. The zero-order valence-electron chi connectivity index (χ0n) is 14.0. The van der Waals surface area contributed by atoms with E-state index in [1.54, 1.807) is 12.3 Å². The first-order chi connectivity index (χ1) is 12.2. The average molecular weight is 354 g/mol. The van der Waals surface area contributed by atoms with Gasteiger partial charge in [-0.3, -0.25) is 4.79 Å². The summed E-state index contributed by atoms with van der Waals surface area (Å²) in [6.45, 7) is 4.42. The van der Waals surface area contributed by atoms with Crippen LogP contribution in [0.25, 0.3) is 0 Å². The van der Waals surface area contributed by atoms with E-state index in [1.807, 2.05) is 56.3 Å². The maximum absolute atomic E-state index is 12.3. The van der Waals surface area contributed by atoms with E-state index in [4.69, 9.17) is 9.47 Å². The Labute approximate surface area is 150 Å². The standard InChI is InChI=1S/C19H18N2O3S/c1-3-23-14-8-10-15(11-9-14)24-17-7-5-4-6-16(17)21-19(22)18-12-20-13(2)25-18/h4-12H,3H2,1-2H3,(H,21,22). The van der Waals surface area contributed by atoms with Crippen LogP contribution in [0.5, 0.6) is 17.2 Å². The summed E-state index contributed by atoms with van der Waals surface area (Å²) in [5, 5.41) is 3.72. The predicted octanol–water partition coefficient (Wildman–Crippen LogP) is 4.89. The van der Waals surface area contributed by atoms with Crippen LogP contribution in [0, 0.1) is 6.92 Å². The van der Waals surface area contributed by atoms with Gasteiger partial charge < -0.3 is 14.8 Å². The molecule has 0 spiro atoms. The summed E-state index contributed by atoms with van der Waals surface area (Å²) in [4.78, 5) is 17.0. The van der Waals surface area contributed by atoms with Crippen molar-refractivity contribution < 1.29 is 14.3 Å². The number of carbonyl (C=O) groups is 1. The molecule has 2 aromatic carbocycles. The van der Waals surface area contributed by atoms with Gasteiger partial charge in [0.1, 0.15) is 16.4 Å². The minimum atomic E-state index is -0.201. The zero-order chi connectivity index (χ0) is 17.6. The average Bonchev–Trinajstić information content (AvgIpc) is 3.05. The van der Waals surface area contributed by atoms with Crippen LogP contribution in [0.4, 0.5) is 5.69 Å². The molecule has 128 valence electrons. The second-order valence-electron chi connectivity index (χ2n) is 5.20. The number of hydrogen-bond acceptors (Lipinski definition) is 5. The number of benzene rings is 2. The Bertz CT molecular complexity index is 859. The highest BCUT2D eigenvalue weighted by molar-refractivity contribution is 7.13. The third kappa shape index (κ3) is 4.36. The molecular weight excluding hydrogens is 336 g/mol. The first-order valence-corrected chi connectivity index (χ1v) is 8.71. The Morgan fingerprint density at radius 2 is 1.84 bits per heavy atom. The van der Waals surface area contributed by atoms with E-state index in [9.17, 15) is 4.79 Å². The summed E-state index contributed by atoms with van der Waals surface area (Å²) >= 11 is 1.35.